The maximum Gasteiger partial charge on any atom is 0.104 e. The Kier molecular flexibility index (Phi) is 1.25. The molecule has 0 aliphatic heterocycles. The number of nitrogens with zero attached hydrogens (tertiary/aromatic N) is 2. The first-order valence-corrected chi connectivity index (χ1v) is 4.03. The van der Waals surface area contributed by atoms with E-state index < -0.39 is 0 Å². The summed E-state index contributed by atoms with van der Waals surface area (Å²) in [7, 11) is 0. The summed E-state index contributed by atoms with van der Waals surface area (Å²) in [5, 5.41) is 0. The standard InChI is InChI=1S/C6H7IN2/c7-9-3-6(8-4-9)5-1-2-5/h3-5H,1-2H2. The molecule has 1 fully saturated rings. The van der Waals surface area contributed by atoms with E-state index in [4.69, 9.17) is 0 Å². The molecule has 1 heterocycles. The van der Waals surface area contributed by atoms with E-state index in [1.54, 1.807) is 0 Å². The van der Waals surface area contributed by atoms with Gasteiger partial charge in [-0.15, -0.1) is 0 Å². The normalized spacial score (nSPS) is 18.3. The topological polar surface area (TPSA) is 17.8 Å². The SMILES string of the molecule is In1cnc(C2CC2)c1. The molecule has 0 saturated heterocycles. The molecule has 0 N–H and O–H groups in total. The van der Waals surface area contributed by atoms with Crippen LogP contribution in [0.25, 0.3) is 0 Å². The van der Waals surface area contributed by atoms with Gasteiger partial charge in [0, 0.05) is 12.1 Å². The lowest BCUT2D eigenvalue weighted by Crippen LogP contribution is -1.74. The van der Waals surface area contributed by atoms with Gasteiger partial charge in [0.2, 0.25) is 0 Å². The van der Waals surface area contributed by atoms with Gasteiger partial charge < -0.3 is 0 Å². The van der Waals surface area contributed by atoms with Crippen LogP contribution in [0, 0.1) is 0 Å². The second-order valence-electron chi connectivity index (χ2n) is 2.42. The van der Waals surface area contributed by atoms with Gasteiger partial charge in [0.1, 0.15) is 6.33 Å². The van der Waals surface area contributed by atoms with Crippen LogP contribution in [-0.2, 0) is 0 Å². The summed E-state index contributed by atoms with van der Waals surface area (Å²) in [5.41, 5.74) is 1.27. The number of imidazole rings is 1. The van der Waals surface area contributed by atoms with Crippen LogP contribution in [0.5, 0.6) is 0 Å². The van der Waals surface area contributed by atoms with Crippen molar-refractivity contribution in [2.45, 2.75) is 18.8 Å². The predicted octanol–water partition coefficient (Wildman–Crippen LogP) is 1.96. The van der Waals surface area contributed by atoms with E-state index in [1.807, 2.05) is 9.11 Å². The van der Waals surface area contributed by atoms with Crippen LogP contribution in [0.2, 0.25) is 0 Å². The van der Waals surface area contributed by atoms with Crippen molar-refractivity contribution in [1.82, 2.24) is 7.76 Å². The van der Waals surface area contributed by atoms with E-state index in [0.29, 0.717) is 0 Å². The molecule has 0 amide bonds. The Labute approximate surface area is 67.8 Å². The molecule has 0 aromatic carbocycles. The predicted molar refractivity (Wildman–Crippen MR) is 43.6 cm³/mol. The molecular weight excluding hydrogens is 227 g/mol. The Bertz CT molecular complexity index is 215. The zero-order chi connectivity index (χ0) is 6.27. The smallest absolute Gasteiger partial charge is 0.104 e. The number of hydrogen-bond donors (Lipinski definition) is 0. The highest BCUT2D eigenvalue weighted by atomic mass is 127. The molecule has 2 rings (SSSR count). The van der Waals surface area contributed by atoms with Gasteiger partial charge in [0.05, 0.1) is 28.6 Å². The molecule has 1 saturated carbocycles. The number of hydrogen-bond acceptors (Lipinski definition) is 1. The van der Waals surface area contributed by atoms with Crippen LogP contribution >= 0.6 is 22.9 Å². The Morgan fingerprint density at radius 2 is 2.44 bits per heavy atom. The molecule has 2 nitrogen and oxygen atoms in total. The lowest BCUT2D eigenvalue weighted by molar-refractivity contribution is 1.05. The van der Waals surface area contributed by atoms with E-state index in [1.165, 1.54) is 18.5 Å². The van der Waals surface area contributed by atoms with Gasteiger partial charge in [-0.2, -0.15) is 0 Å². The largest absolute Gasteiger partial charge is 0.278 e. The van der Waals surface area contributed by atoms with Crippen LogP contribution in [0.4, 0.5) is 0 Å². The Hall–Kier alpha value is -0.0600. The number of halogens is 1. The molecule has 9 heavy (non-hydrogen) atoms. The van der Waals surface area contributed by atoms with Gasteiger partial charge >= 0.3 is 0 Å². The molecule has 0 unspecified atom stereocenters. The maximum absolute atomic E-state index is 4.23. The molecule has 1 aliphatic carbocycles. The van der Waals surface area contributed by atoms with Crippen molar-refractivity contribution in [1.29, 1.82) is 0 Å². The molecule has 0 radical (unpaired) electrons. The van der Waals surface area contributed by atoms with Crippen LogP contribution in [-0.4, -0.2) is 7.76 Å². The maximum atomic E-state index is 4.23. The van der Waals surface area contributed by atoms with Crippen molar-refractivity contribution in [3.8, 4) is 0 Å². The summed E-state index contributed by atoms with van der Waals surface area (Å²) in [4.78, 5) is 4.23. The Morgan fingerprint density at radius 1 is 1.67 bits per heavy atom. The Balaban J connectivity index is 2.28. The highest BCUT2D eigenvalue weighted by molar-refractivity contribution is 14.1. The molecule has 0 atom stereocenters. The van der Waals surface area contributed by atoms with Gasteiger partial charge in [-0.25, -0.2) is 4.98 Å². The summed E-state index contributed by atoms with van der Waals surface area (Å²) in [5.74, 6) is 0.793. The fourth-order valence-electron chi connectivity index (χ4n) is 0.905. The minimum atomic E-state index is 0.793. The number of aromatic nitrogens is 2. The average molecular weight is 234 g/mol. The van der Waals surface area contributed by atoms with Gasteiger partial charge in [-0.05, 0) is 12.8 Å². The third-order valence-corrected chi connectivity index (χ3v) is 2.10. The van der Waals surface area contributed by atoms with Gasteiger partial charge in [0.15, 0.2) is 0 Å². The molecule has 1 aliphatic rings. The first kappa shape index (κ1) is 5.70. The van der Waals surface area contributed by atoms with Crippen LogP contribution in [0.1, 0.15) is 24.5 Å². The summed E-state index contributed by atoms with van der Waals surface area (Å²) in [6.07, 6.45) is 6.63. The van der Waals surface area contributed by atoms with Crippen molar-refractivity contribution in [2.75, 3.05) is 0 Å². The summed E-state index contributed by atoms with van der Waals surface area (Å²) >= 11 is 2.22. The second kappa shape index (κ2) is 1.97. The minimum absolute atomic E-state index is 0.793. The number of rotatable bonds is 1. The molecule has 1 aromatic heterocycles. The molecule has 3 heteroatoms. The first-order valence-electron chi connectivity index (χ1n) is 3.06. The lowest BCUT2D eigenvalue weighted by atomic mass is 10.3. The average Bonchev–Trinajstić information content (AvgIpc) is 2.58. The summed E-state index contributed by atoms with van der Waals surface area (Å²) in [6.45, 7) is 0. The molecule has 0 bridgehead atoms. The molecular formula is C6H7IN2. The van der Waals surface area contributed by atoms with Gasteiger partial charge in [-0.3, -0.25) is 2.78 Å². The second-order valence-corrected chi connectivity index (χ2v) is 3.53. The third kappa shape index (κ3) is 1.10. The van der Waals surface area contributed by atoms with Crippen molar-refractivity contribution >= 4 is 22.9 Å². The summed E-state index contributed by atoms with van der Waals surface area (Å²) in [6, 6.07) is 0. The zero-order valence-electron chi connectivity index (χ0n) is 4.92. The lowest BCUT2D eigenvalue weighted by Gasteiger charge is -1.82. The van der Waals surface area contributed by atoms with Crippen LogP contribution < -0.4 is 0 Å². The van der Waals surface area contributed by atoms with E-state index in [9.17, 15) is 0 Å². The van der Waals surface area contributed by atoms with Crippen molar-refractivity contribution in [2.24, 2.45) is 0 Å². The highest BCUT2D eigenvalue weighted by Gasteiger charge is 2.25. The monoisotopic (exact) mass is 234 g/mol. The fraction of sp³-hybridized carbons (Fsp3) is 0.500. The van der Waals surface area contributed by atoms with Gasteiger partial charge in [-0.1, -0.05) is 0 Å². The van der Waals surface area contributed by atoms with E-state index in [-0.39, 0.29) is 0 Å². The summed E-state index contributed by atoms with van der Waals surface area (Å²) < 4.78 is 1.98. The minimum Gasteiger partial charge on any atom is -0.278 e. The zero-order valence-corrected chi connectivity index (χ0v) is 7.08. The Morgan fingerprint density at radius 3 is 2.89 bits per heavy atom. The van der Waals surface area contributed by atoms with Crippen LogP contribution in [0.15, 0.2) is 12.5 Å². The third-order valence-electron chi connectivity index (χ3n) is 1.57. The highest BCUT2D eigenvalue weighted by Crippen LogP contribution is 2.38. The molecule has 1 aromatic rings. The van der Waals surface area contributed by atoms with E-state index in [0.717, 1.165) is 5.92 Å². The van der Waals surface area contributed by atoms with E-state index >= 15 is 0 Å². The van der Waals surface area contributed by atoms with Crippen LogP contribution in [0.3, 0.4) is 0 Å². The van der Waals surface area contributed by atoms with Crippen molar-refractivity contribution < 1.29 is 0 Å². The molecule has 48 valence electrons. The van der Waals surface area contributed by atoms with Crippen molar-refractivity contribution in [3.05, 3.63) is 18.2 Å². The van der Waals surface area contributed by atoms with E-state index in [2.05, 4.69) is 34.0 Å². The fourth-order valence-corrected chi connectivity index (χ4v) is 1.31. The van der Waals surface area contributed by atoms with Crippen molar-refractivity contribution in [3.63, 3.8) is 0 Å². The first-order chi connectivity index (χ1) is 4.36. The quantitative estimate of drug-likeness (QED) is 0.679. The molecule has 0 spiro atoms. The van der Waals surface area contributed by atoms with Gasteiger partial charge in [0.25, 0.3) is 0 Å².